The van der Waals surface area contributed by atoms with E-state index in [1.807, 2.05) is 12.1 Å². The summed E-state index contributed by atoms with van der Waals surface area (Å²) >= 11 is 6.07. The first-order valence-corrected chi connectivity index (χ1v) is 6.86. The minimum atomic E-state index is -0.0378. The van der Waals surface area contributed by atoms with E-state index >= 15 is 0 Å². The Morgan fingerprint density at radius 1 is 1.22 bits per heavy atom. The molecule has 1 saturated carbocycles. The third-order valence-corrected chi connectivity index (χ3v) is 3.66. The molecule has 0 spiro atoms. The first kappa shape index (κ1) is 13.2. The van der Waals surface area contributed by atoms with Crippen LogP contribution in [0.3, 0.4) is 0 Å². The van der Waals surface area contributed by atoms with Gasteiger partial charge in [0.15, 0.2) is 0 Å². The van der Waals surface area contributed by atoms with Crippen molar-refractivity contribution in [3.05, 3.63) is 28.8 Å². The van der Waals surface area contributed by atoms with Gasteiger partial charge in [-0.25, -0.2) is 0 Å². The van der Waals surface area contributed by atoms with Crippen LogP contribution in [-0.4, -0.2) is 11.9 Å². The molecule has 1 aromatic carbocycles. The lowest BCUT2D eigenvalue weighted by Gasteiger charge is -2.19. The van der Waals surface area contributed by atoms with Crippen molar-refractivity contribution in [2.24, 2.45) is 5.73 Å². The molecule has 0 atom stereocenters. The van der Waals surface area contributed by atoms with Crippen LogP contribution in [0.5, 0.6) is 5.75 Å². The maximum atomic E-state index is 7.59. The molecule has 0 aromatic heterocycles. The fourth-order valence-electron chi connectivity index (χ4n) is 2.40. The Morgan fingerprint density at radius 3 is 2.50 bits per heavy atom. The Balaban J connectivity index is 2.17. The van der Waals surface area contributed by atoms with Gasteiger partial charge in [0, 0.05) is 0 Å². The molecule has 0 radical (unpaired) electrons. The van der Waals surface area contributed by atoms with Gasteiger partial charge in [-0.2, -0.15) is 0 Å². The van der Waals surface area contributed by atoms with Crippen LogP contribution in [-0.2, 0) is 0 Å². The SMILES string of the molecule is N=C(N)c1c(Cl)cccc1OC1CCCCCC1. The molecule has 0 heterocycles. The predicted octanol–water partition coefficient (Wildman–Crippen LogP) is 3.73. The zero-order valence-electron chi connectivity index (χ0n) is 10.4. The molecule has 0 saturated heterocycles. The summed E-state index contributed by atoms with van der Waals surface area (Å²) in [6, 6.07) is 5.41. The molecule has 0 amide bonds. The smallest absolute Gasteiger partial charge is 0.132 e. The molecule has 1 aromatic rings. The van der Waals surface area contributed by atoms with Crippen LogP contribution in [0.15, 0.2) is 18.2 Å². The summed E-state index contributed by atoms with van der Waals surface area (Å²) in [5.74, 6) is 0.603. The summed E-state index contributed by atoms with van der Waals surface area (Å²) in [7, 11) is 0. The lowest BCUT2D eigenvalue weighted by molar-refractivity contribution is 0.183. The minimum absolute atomic E-state index is 0.0378. The number of benzene rings is 1. The van der Waals surface area contributed by atoms with Gasteiger partial charge in [0.2, 0.25) is 0 Å². The predicted molar refractivity (Wildman–Crippen MR) is 74.6 cm³/mol. The van der Waals surface area contributed by atoms with Crippen LogP contribution < -0.4 is 10.5 Å². The Bertz CT molecular complexity index is 426. The van der Waals surface area contributed by atoms with E-state index in [1.165, 1.54) is 25.7 Å². The van der Waals surface area contributed by atoms with Crippen molar-refractivity contribution >= 4 is 17.4 Å². The minimum Gasteiger partial charge on any atom is -0.490 e. The van der Waals surface area contributed by atoms with Crippen LogP contribution >= 0.6 is 11.6 Å². The lowest BCUT2D eigenvalue weighted by atomic mass is 10.1. The van der Waals surface area contributed by atoms with Crippen LogP contribution in [0.2, 0.25) is 5.02 Å². The number of nitrogens with one attached hydrogen (secondary N) is 1. The van der Waals surface area contributed by atoms with Gasteiger partial charge in [-0.15, -0.1) is 0 Å². The molecule has 18 heavy (non-hydrogen) atoms. The van der Waals surface area contributed by atoms with E-state index in [0.717, 1.165) is 12.8 Å². The van der Waals surface area contributed by atoms with Gasteiger partial charge in [-0.1, -0.05) is 30.5 Å². The van der Waals surface area contributed by atoms with E-state index in [2.05, 4.69) is 0 Å². The van der Waals surface area contributed by atoms with Gasteiger partial charge < -0.3 is 10.5 Å². The number of ether oxygens (including phenoxy) is 1. The van der Waals surface area contributed by atoms with Gasteiger partial charge in [-0.3, -0.25) is 5.41 Å². The molecule has 4 heteroatoms. The maximum absolute atomic E-state index is 7.59. The highest BCUT2D eigenvalue weighted by molar-refractivity contribution is 6.34. The summed E-state index contributed by atoms with van der Waals surface area (Å²) in [5.41, 5.74) is 6.09. The lowest BCUT2D eigenvalue weighted by Crippen LogP contribution is -2.19. The zero-order valence-corrected chi connectivity index (χ0v) is 11.2. The van der Waals surface area contributed by atoms with Crippen molar-refractivity contribution in [2.45, 2.75) is 44.6 Å². The quantitative estimate of drug-likeness (QED) is 0.498. The van der Waals surface area contributed by atoms with E-state index in [4.69, 9.17) is 27.5 Å². The van der Waals surface area contributed by atoms with Crippen molar-refractivity contribution in [2.75, 3.05) is 0 Å². The molecule has 1 aliphatic carbocycles. The van der Waals surface area contributed by atoms with Crippen molar-refractivity contribution < 1.29 is 4.74 Å². The Labute approximate surface area is 113 Å². The zero-order chi connectivity index (χ0) is 13.0. The van der Waals surface area contributed by atoms with Crippen LogP contribution in [0.25, 0.3) is 0 Å². The fourth-order valence-corrected chi connectivity index (χ4v) is 2.67. The second kappa shape index (κ2) is 6.10. The van der Waals surface area contributed by atoms with E-state index in [9.17, 15) is 0 Å². The molecule has 3 N–H and O–H groups in total. The van der Waals surface area contributed by atoms with E-state index < -0.39 is 0 Å². The molecule has 0 aliphatic heterocycles. The van der Waals surface area contributed by atoms with E-state index in [0.29, 0.717) is 16.3 Å². The molecule has 1 fully saturated rings. The van der Waals surface area contributed by atoms with Crippen molar-refractivity contribution in [1.29, 1.82) is 5.41 Å². The van der Waals surface area contributed by atoms with Gasteiger partial charge >= 0.3 is 0 Å². The highest BCUT2D eigenvalue weighted by Crippen LogP contribution is 2.29. The van der Waals surface area contributed by atoms with Crippen LogP contribution in [0.1, 0.15) is 44.1 Å². The Morgan fingerprint density at radius 2 is 1.89 bits per heavy atom. The summed E-state index contributed by atoms with van der Waals surface area (Å²) in [6.45, 7) is 0. The monoisotopic (exact) mass is 266 g/mol. The summed E-state index contributed by atoms with van der Waals surface area (Å²) in [4.78, 5) is 0. The second-order valence-electron chi connectivity index (χ2n) is 4.76. The van der Waals surface area contributed by atoms with Gasteiger partial charge in [0.25, 0.3) is 0 Å². The van der Waals surface area contributed by atoms with E-state index in [-0.39, 0.29) is 11.9 Å². The molecule has 1 aliphatic rings. The second-order valence-corrected chi connectivity index (χ2v) is 5.17. The summed E-state index contributed by atoms with van der Waals surface area (Å²) in [6.07, 6.45) is 7.36. The first-order chi connectivity index (χ1) is 8.68. The third-order valence-electron chi connectivity index (χ3n) is 3.34. The molecule has 2 rings (SSSR count). The van der Waals surface area contributed by atoms with Crippen molar-refractivity contribution in [3.63, 3.8) is 0 Å². The highest BCUT2D eigenvalue weighted by atomic mass is 35.5. The molecule has 3 nitrogen and oxygen atoms in total. The number of hydrogen-bond donors (Lipinski definition) is 2. The number of rotatable bonds is 3. The Hall–Kier alpha value is -1.22. The molecule has 98 valence electrons. The molecular formula is C14H19ClN2O. The fraction of sp³-hybridized carbons (Fsp3) is 0.500. The third kappa shape index (κ3) is 3.16. The van der Waals surface area contributed by atoms with E-state index in [1.54, 1.807) is 6.07 Å². The number of nitrogen functional groups attached to an aromatic ring is 1. The average molecular weight is 267 g/mol. The number of hydrogen-bond acceptors (Lipinski definition) is 2. The topological polar surface area (TPSA) is 59.1 Å². The molecular weight excluding hydrogens is 248 g/mol. The standard InChI is InChI=1S/C14H19ClN2O/c15-11-8-5-9-12(13(11)14(16)17)18-10-6-3-1-2-4-7-10/h5,8-10H,1-4,6-7H2,(H3,16,17). The number of nitrogens with two attached hydrogens (primary N) is 1. The average Bonchev–Trinajstić information content (AvgIpc) is 2.57. The van der Waals surface area contributed by atoms with Gasteiger partial charge in [0.05, 0.1) is 16.7 Å². The number of halogens is 1. The highest BCUT2D eigenvalue weighted by Gasteiger charge is 2.17. The van der Waals surface area contributed by atoms with Crippen molar-refractivity contribution in [1.82, 2.24) is 0 Å². The summed E-state index contributed by atoms with van der Waals surface area (Å²) < 4.78 is 6.00. The number of amidine groups is 1. The molecule has 0 bridgehead atoms. The maximum Gasteiger partial charge on any atom is 0.132 e. The van der Waals surface area contributed by atoms with Crippen molar-refractivity contribution in [3.8, 4) is 5.75 Å². The van der Waals surface area contributed by atoms with Crippen LogP contribution in [0, 0.1) is 5.41 Å². The Kier molecular flexibility index (Phi) is 4.48. The van der Waals surface area contributed by atoms with Gasteiger partial charge in [0.1, 0.15) is 11.6 Å². The van der Waals surface area contributed by atoms with Gasteiger partial charge in [-0.05, 0) is 37.8 Å². The van der Waals surface area contributed by atoms with Crippen LogP contribution in [0.4, 0.5) is 0 Å². The molecule has 0 unspecified atom stereocenters. The first-order valence-electron chi connectivity index (χ1n) is 6.48. The largest absolute Gasteiger partial charge is 0.490 e. The normalized spacial score (nSPS) is 17.2. The summed E-state index contributed by atoms with van der Waals surface area (Å²) in [5, 5.41) is 8.07.